The molecule has 2 atom stereocenters. The van der Waals surface area contributed by atoms with Crippen LogP contribution in [0, 0.1) is 19.8 Å². The summed E-state index contributed by atoms with van der Waals surface area (Å²) in [6.07, 6.45) is 37.5. The van der Waals surface area contributed by atoms with Gasteiger partial charge in [-0.25, -0.2) is 0 Å². The van der Waals surface area contributed by atoms with Crippen molar-refractivity contribution in [2.45, 2.75) is 232 Å². The molecule has 5 rings (SSSR count). The zero-order valence-corrected chi connectivity index (χ0v) is 41.3. The Morgan fingerprint density at radius 1 is 0.444 bits per heavy atom. The van der Waals surface area contributed by atoms with E-state index < -0.39 is 0 Å². The first kappa shape index (κ1) is 50.5. The van der Waals surface area contributed by atoms with Gasteiger partial charge in [-0.2, -0.15) is 0 Å². The van der Waals surface area contributed by atoms with Gasteiger partial charge in [0.2, 0.25) is 0 Å². The van der Waals surface area contributed by atoms with Crippen LogP contribution >= 0.6 is 0 Å². The Balaban J connectivity index is 1.40. The molecule has 4 aromatic rings. The van der Waals surface area contributed by atoms with Crippen LogP contribution in [0.15, 0.2) is 84.9 Å². The first-order chi connectivity index (χ1) is 30.8. The zero-order chi connectivity index (χ0) is 44.7. The van der Waals surface area contributed by atoms with Crippen LogP contribution in [-0.4, -0.2) is 0 Å². The molecule has 1 aliphatic carbocycles. The Bertz CT molecular complexity index is 1710. The number of nitrogens with two attached hydrogens (primary N) is 2. The molecule has 0 spiro atoms. The quantitative estimate of drug-likeness (QED) is 0.0406. The molecule has 4 N–H and O–H groups in total. The van der Waals surface area contributed by atoms with Crippen molar-refractivity contribution in [2.24, 2.45) is 5.92 Å². The maximum Gasteiger partial charge on any atom is 0.0316 e. The Labute approximate surface area is 388 Å². The molecule has 1 saturated carbocycles. The normalized spacial score (nSPS) is 17.5. The standard InChI is InChI=1S/C61H92N2/c1-6-9-12-15-18-21-24-27-50-42-44-61(45-43-50,53-34-30-51(31-35-53)59(28-25-22-19-16-13-10-7-2)57-40-38-55(62)46-48(57)4)54-36-32-52(33-37-54)60(29-26-23-20-17-14-11-8-3)58-41-39-56(63)47-49(58)5/h30-41,46-47,50,59-60H,6-29,42-45,62-63H2,1-5H3. The minimum Gasteiger partial charge on any atom is -0.399 e. The van der Waals surface area contributed by atoms with E-state index in [9.17, 15) is 0 Å². The van der Waals surface area contributed by atoms with Gasteiger partial charge >= 0.3 is 0 Å². The van der Waals surface area contributed by atoms with Gasteiger partial charge in [-0.1, -0.05) is 223 Å². The fourth-order valence-electron chi connectivity index (χ4n) is 11.5. The third-order valence-electron chi connectivity index (χ3n) is 15.4. The zero-order valence-electron chi connectivity index (χ0n) is 41.3. The topological polar surface area (TPSA) is 52.0 Å². The fourth-order valence-corrected chi connectivity index (χ4v) is 11.5. The summed E-state index contributed by atoms with van der Waals surface area (Å²) in [5.41, 5.74) is 25.9. The van der Waals surface area contributed by atoms with Crippen molar-refractivity contribution in [3.8, 4) is 0 Å². The van der Waals surface area contributed by atoms with Crippen molar-refractivity contribution in [2.75, 3.05) is 11.5 Å². The van der Waals surface area contributed by atoms with E-state index in [1.54, 1.807) is 0 Å². The minimum atomic E-state index is 0.0455. The second-order valence-electron chi connectivity index (χ2n) is 20.3. The SMILES string of the molecule is CCCCCCCCCC1CCC(c2ccc(C(CCCCCCCCC)c3ccc(N)cc3C)cc2)(c2ccc(C(CCCCCCCCC)c3ccc(N)cc3C)cc2)CC1. The fraction of sp³-hybridized carbons (Fsp3) is 0.607. The highest BCUT2D eigenvalue weighted by Crippen LogP contribution is 2.49. The van der Waals surface area contributed by atoms with Gasteiger partial charge in [0.15, 0.2) is 0 Å². The summed E-state index contributed by atoms with van der Waals surface area (Å²) in [6.45, 7) is 11.5. The number of nitrogen functional groups attached to an aromatic ring is 2. The molecule has 0 aliphatic heterocycles. The van der Waals surface area contributed by atoms with Crippen molar-refractivity contribution in [3.63, 3.8) is 0 Å². The molecule has 2 nitrogen and oxygen atoms in total. The number of hydrogen-bond acceptors (Lipinski definition) is 2. The average molecular weight is 853 g/mol. The first-order valence-corrected chi connectivity index (χ1v) is 26.7. The van der Waals surface area contributed by atoms with Crippen molar-refractivity contribution >= 4 is 11.4 Å². The summed E-state index contributed by atoms with van der Waals surface area (Å²) in [7, 11) is 0. The molecule has 0 bridgehead atoms. The molecule has 0 amide bonds. The van der Waals surface area contributed by atoms with Crippen LogP contribution in [0.5, 0.6) is 0 Å². The van der Waals surface area contributed by atoms with Gasteiger partial charge in [0.05, 0.1) is 0 Å². The van der Waals surface area contributed by atoms with E-state index in [0.29, 0.717) is 11.8 Å². The number of unbranched alkanes of at least 4 members (excludes halogenated alkanes) is 18. The highest BCUT2D eigenvalue weighted by molar-refractivity contribution is 5.51. The number of hydrogen-bond donors (Lipinski definition) is 2. The molecular formula is C61H92N2. The van der Waals surface area contributed by atoms with E-state index >= 15 is 0 Å². The Hall–Kier alpha value is -3.52. The van der Waals surface area contributed by atoms with Crippen LogP contribution in [0.4, 0.5) is 11.4 Å². The largest absolute Gasteiger partial charge is 0.399 e. The predicted octanol–water partition coefficient (Wildman–Crippen LogP) is 18.6. The van der Waals surface area contributed by atoms with Gasteiger partial charge in [0.25, 0.3) is 0 Å². The number of benzene rings is 4. The molecule has 0 heterocycles. The van der Waals surface area contributed by atoms with Crippen LogP contribution < -0.4 is 11.5 Å². The second kappa shape index (κ2) is 27.7. The van der Waals surface area contributed by atoms with Crippen LogP contribution in [0.3, 0.4) is 0 Å². The number of rotatable bonds is 30. The van der Waals surface area contributed by atoms with Crippen molar-refractivity contribution in [1.29, 1.82) is 0 Å². The monoisotopic (exact) mass is 853 g/mol. The van der Waals surface area contributed by atoms with E-state index in [1.807, 2.05) is 0 Å². The summed E-state index contributed by atoms with van der Waals surface area (Å²) in [6, 6.07) is 33.5. The van der Waals surface area contributed by atoms with E-state index in [0.717, 1.165) is 17.3 Å². The molecule has 346 valence electrons. The van der Waals surface area contributed by atoms with Gasteiger partial charge in [-0.15, -0.1) is 0 Å². The average Bonchev–Trinajstić information content (AvgIpc) is 3.29. The van der Waals surface area contributed by atoms with E-state index in [2.05, 4.69) is 120 Å². The molecule has 1 aliphatic rings. The summed E-state index contributed by atoms with van der Waals surface area (Å²) in [5, 5.41) is 0. The van der Waals surface area contributed by atoms with Crippen molar-refractivity contribution in [1.82, 2.24) is 0 Å². The summed E-state index contributed by atoms with van der Waals surface area (Å²) in [5.74, 6) is 1.65. The first-order valence-electron chi connectivity index (χ1n) is 26.7. The van der Waals surface area contributed by atoms with Gasteiger partial charge in [0, 0.05) is 28.6 Å². The van der Waals surface area contributed by atoms with Crippen LogP contribution in [0.25, 0.3) is 0 Å². The Morgan fingerprint density at radius 3 is 1.16 bits per heavy atom. The van der Waals surface area contributed by atoms with Crippen molar-refractivity contribution < 1.29 is 0 Å². The maximum atomic E-state index is 6.29. The lowest BCUT2D eigenvalue weighted by atomic mass is 9.62. The predicted molar refractivity (Wildman–Crippen MR) is 278 cm³/mol. The van der Waals surface area contributed by atoms with Gasteiger partial charge in [-0.3, -0.25) is 0 Å². The highest BCUT2D eigenvalue weighted by Gasteiger charge is 2.38. The molecule has 1 fully saturated rings. The van der Waals surface area contributed by atoms with Crippen molar-refractivity contribution in [3.05, 3.63) is 129 Å². The summed E-state index contributed by atoms with van der Waals surface area (Å²) >= 11 is 0. The molecule has 4 aromatic carbocycles. The molecule has 2 unspecified atom stereocenters. The number of aryl methyl sites for hydroxylation is 2. The lowest BCUT2D eigenvalue weighted by Gasteiger charge is -2.42. The summed E-state index contributed by atoms with van der Waals surface area (Å²) < 4.78 is 0. The van der Waals surface area contributed by atoms with E-state index in [1.165, 1.54) is 224 Å². The minimum absolute atomic E-state index is 0.0455. The van der Waals surface area contributed by atoms with Gasteiger partial charge in [0.1, 0.15) is 0 Å². The second-order valence-corrected chi connectivity index (χ2v) is 20.3. The van der Waals surface area contributed by atoms with Crippen LogP contribution in [0.2, 0.25) is 0 Å². The lowest BCUT2D eigenvalue weighted by Crippen LogP contribution is -2.33. The smallest absolute Gasteiger partial charge is 0.0316 e. The Morgan fingerprint density at radius 2 is 0.794 bits per heavy atom. The third kappa shape index (κ3) is 15.6. The van der Waals surface area contributed by atoms with E-state index in [4.69, 9.17) is 11.5 Å². The Kier molecular flexibility index (Phi) is 22.2. The van der Waals surface area contributed by atoms with Gasteiger partial charge < -0.3 is 11.5 Å². The molecule has 0 saturated heterocycles. The molecular weight excluding hydrogens is 761 g/mol. The van der Waals surface area contributed by atoms with Crippen LogP contribution in [0.1, 0.15) is 257 Å². The van der Waals surface area contributed by atoms with Gasteiger partial charge in [-0.05, 0) is 127 Å². The molecule has 63 heavy (non-hydrogen) atoms. The maximum absolute atomic E-state index is 6.29. The van der Waals surface area contributed by atoms with E-state index in [-0.39, 0.29) is 5.41 Å². The lowest BCUT2D eigenvalue weighted by molar-refractivity contribution is 0.250. The molecule has 0 aromatic heterocycles. The summed E-state index contributed by atoms with van der Waals surface area (Å²) in [4.78, 5) is 0. The molecule has 0 radical (unpaired) electrons. The molecule has 2 heteroatoms. The number of anilines is 2. The third-order valence-corrected chi connectivity index (χ3v) is 15.4. The highest BCUT2D eigenvalue weighted by atomic mass is 14.5. The van der Waals surface area contributed by atoms with Crippen LogP contribution in [-0.2, 0) is 5.41 Å².